The minimum atomic E-state index is 0.534. The molecule has 2 saturated heterocycles. The molecule has 2 aliphatic heterocycles. The Hall–Kier alpha value is -0.160. The van der Waals surface area contributed by atoms with Crippen LogP contribution in [0.2, 0.25) is 0 Å². The van der Waals surface area contributed by atoms with E-state index >= 15 is 0 Å². The van der Waals surface area contributed by atoms with Crippen molar-refractivity contribution < 1.29 is 4.74 Å². The van der Waals surface area contributed by atoms with E-state index in [9.17, 15) is 0 Å². The Labute approximate surface area is 141 Å². The third-order valence-corrected chi connectivity index (χ3v) is 6.63. The second-order valence-corrected chi connectivity index (χ2v) is 8.59. The lowest BCUT2D eigenvalue weighted by Gasteiger charge is -2.32. The summed E-state index contributed by atoms with van der Waals surface area (Å²) < 4.78 is 6.36. The van der Waals surface area contributed by atoms with Crippen molar-refractivity contribution >= 4 is 0 Å². The third kappa shape index (κ3) is 4.47. The number of hydrogen-bond donors (Lipinski definition) is 2. The van der Waals surface area contributed by atoms with Crippen molar-refractivity contribution in [3.05, 3.63) is 0 Å². The molecule has 4 heteroatoms. The number of hydrazine groups is 1. The number of nitrogens with zero attached hydrogens (tertiary/aromatic N) is 1. The van der Waals surface area contributed by atoms with Gasteiger partial charge in [-0.3, -0.25) is 5.43 Å². The molecule has 0 aromatic rings. The quantitative estimate of drug-likeness (QED) is 0.719. The minimum absolute atomic E-state index is 0.534. The largest absolute Gasteiger partial charge is 0.378 e. The number of nitrogens with one attached hydrogen (secondary N) is 2. The van der Waals surface area contributed by atoms with E-state index in [1.165, 1.54) is 84.0 Å². The average molecular weight is 322 g/mol. The van der Waals surface area contributed by atoms with E-state index in [2.05, 4.69) is 15.8 Å². The van der Waals surface area contributed by atoms with Gasteiger partial charge in [0.25, 0.3) is 0 Å². The van der Waals surface area contributed by atoms with Gasteiger partial charge in [0.05, 0.1) is 6.10 Å². The molecule has 2 saturated carbocycles. The molecule has 23 heavy (non-hydrogen) atoms. The Balaban J connectivity index is 1.36. The van der Waals surface area contributed by atoms with Crippen molar-refractivity contribution in [2.45, 2.75) is 69.9 Å². The molecule has 6 atom stereocenters. The van der Waals surface area contributed by atoms with Gasteiger partial charge >= 0.3 is 0 Å². The van der Waals surface area contributed by atoms with Gasteiger partial charge in [-0.25, -0.2) is 5.01 Å². The molecule has 0 aromatic carbocycles. The zero-order valence-corrected chi connectivity index (χ0v) is 14.6. The van der Waals surface area contributed by atoms with Crippen LogP contribution in [0.5, 0.6) is 0 Å². The summed E-state index contributed by atoms with van der Waals surface area (Å²) in [6.07, 6.45) is 12.7. The molecule has 4 rings (SSSR count). The fraction of sp³-hybridized carbons (Fsp3) is 1.00. The summed E-state index contributed by atoms with van der Waals surface area (Å²) in [6, 6.07) is 0.758. The first-order valence-electron chi connectivity index (χ1n) is 10.2. The van der Waals surface area contributed by atoms with Crippen LogP contribution in [0.4, 0.5) is 0 Å². The highest BCUT2D eigenvalue weighted by molar-refractivity contribution is 4.83. The molecule has 0 amide bonds. The topological polar surface area (TPSA) is 36.5 Å². The van der Waals surface area contributed by atoms with Crippen LogP contribution >= 0.6 is 0 Å². The number of rotatable bonds is 0. The van der Waals surface area contributed by atoms with Crippen LogP contribution in [0.1, 0.15) is 57.8 Å². The molecule has 4 fully saturated rings. The highest BCUT2D eigenvalue weighted by atomic mass is 16.5. The third-order valence-electron chi connectivity index (χ3n) is 6.63. The molecule has 132 valence electrons. The maximum atomic E-state index is 6.36. The predicted molar refractivity (Wildman–Crippen MR) is 93.1 cm³/mol. The van der Waals surface area contributed by atoms with E-state index in [1.807, 2.05) is 0 Å². The standard InChI is InChI=1S/C19H35N3O/c1-3-15-10-19(5-1)23-14-16-6-7-18(9-16)20-8-2-4-17-11-21-22(12-15)13-17/h15-21H,1-14H2/t15?,16-,17?,18+,19?/m1/s1. The lowest BCUT2D eigenvalue weighted by Crippen LogP contribution is -2.38. The molecule has 0 aromatic heterocycles. The second-order valence-electron chi connectivity index (χ2n) is 8.59. The van der Waals surface area contributed by atoms with Crippen LogP contribution in [0.3, 0.4) is 0 Å². The highest BCUT2D eigenvalue weighted by Gasteiger charge is 2.30. The summed E-state index contributed by atoms with van der Waals surface area (Å²) >= 11 is 0. The summed E-state index contributed by atoms with van der Waals surface area (Å²) in [6.45, 7) is 5.91. The van der Waals surface area contributed by atoms with Gasteiger partial charge < -0.3 is 10.1 Å². The summed E-state index contributed by atoms with van der Waals surface area (Å²) in [5.41, 5.74) is 3.65. The Morgan fingerprint density at radius 3 is 2.74 bits per heavy atom. The summed E-state index contributed by atoms with van der Waals surface area (Å²) in [5.74, 6) is 2.50. The van der Waals surface area contributed by atoms with Crippen LogP contribution in [0.15, 0.2) is 0 Å². The van der Waals surface area contributed by atoms with Crippen molar-refractivity contribution in [2.75, 3.05) is 32.8 Å². The Kier molecular flexibility index (Phi) is 5.54. The molecule has 0 radical (unpaired) electrons. The molecule has 6 bridgehead atoms. The van der Waals surface area contributed by atoms with Gasteiger partial charge in [-0.2, -0.15) is 0 Å². The molecule has 2 aliphatic carbocycles. The molecule has 4 nitrogen and oxygen atoms in total. The van der Waals surface area contributed by atoms with E-state index in [4.69, 9.17) is 4.74 Å². The van der Waals surface area contributed by atoms with Gasteiger partial charge in [-0.05, 0) is 75.7 Å². The maximum absolute atomic E-state index is 6.36. The van der Waals surface area contributed by atoms with Crippen molar-refractivity contribution in [3.63, 3.8) is 0 Å². The fourth-order valence-corrected chi connectivity index (χ4v) is 5.28. The lowest BCUT2D eigenvalue weighted by atomic mass is 9.87. The molecule has 4 unspecified atom stereocenters. The SMILES string of the molecule is C1CN[C@H]2CC[C@@H](COC3CCCC(C3)CN3CC(C1)CN3)C2. The first-order chi connectivity index (χ1) is 11.3. The molecular formula is C19H35N3O. The van der Waals surface area contributed by atoms with Crippen LogP contribution < -0.4 is 10.7 Å². The van der Waals surface area contributed by atoms with Crippen molar-refractivity contribution in [1.29, 1.82) is 0 Å². The van der Waals surface area contributed by atoms with Gasteiger partial charge in [0.1, 0.15) is 0 Å². The van der Waals surface area contributed by atoms with Gasteiger partial charge in [0, 0.05) is 32.3 Å². The van der Waals surface area contributed by atoms with Gasteiger partial charge in [0.2, 0.25) is 0 Å². The zero-order valence-electron chi connectivity index (χ0n) is 14.6. The zero-order chi connectivity index (χ0) is 15.5. The van der Waals surface area contributed by atoms with Crippen molar-refractivity contribution in [2.24, 2.45) is 17.8 Å². The van der Waals surface area contributed by atoms with Gasteiger partial charge in [-0.15, -0.1) is 0 Å². The Morgan fingerprint density at radius 2 is 1.74 bits per heavy atom. The minimum Gasteiger partial charge on any atom is -0.378 e. The first kappa shape index (κ1) is 16.3. The fourth-order valence-electron chi connectivity index (χ4n) is 5.28. The summed E-state index contributed by atoms with van der Waals surface area (Å²) in [7, 11) is 0. The van der Waals surface area contributed by atoms with Crippen LogP contribution in [0, 0.1) is 17.8 Å². The first-order valence-corrected chi connectivity index (χ1v) is 10.2. The van der Waals surface area contributed by atoms with E-state index in [-0.39, 0.29) is 0 Å². The van der Waals surface area contributed by atoms with Crippen molar-refractivity contribution in [3.8, 4) is 0 Å². The van der Waals surface area contributed by atoms with Crippen LogP contribution in [-0.2, 0) is 4.74 Å². The lowest BCUT2D eigenvalue weighted by molar-refractivity contribution is -0.0101. The number of ether oxygens (including phenoxy) is 1. The van der Waals surface area contributed by atoms with E-state index < -0.39 is 0 Å². The Morgan fingerprint density at radius 1 is 0.826 bits per heavy atom. The molecule has 2 heterocycles. The maximum Gasteiger partial charge on any atom is 0.0578 e. The predicted octanol–water partition coefficient (Wildman–Crippen LogP) is 2.55. The van der Waals surface area contributed by atoms with Gasteiger partial charge in [0.15, 0.2) is 0 Å². The molecule has 0 spiro atoms. The van der Waals surface area contributed by atoms with E-state index in [0.29, 0.717) is 6.10 Å². The highest BCUT2D eigenvalue weighted by Crippen LogP contribution is 2.31. The van der Waals surface area contributed by atoms with E-state index in [1.54, 1.807) is 0 Å². The monoisotopic (exact) mass is 321 g/mol. The van der Waals surface area contributed by atoms with E-state index in [0.717, 1.165) is 30.4 Å². The number of fused-ring (bicyclic) bond motifs is 6. The number of hydrogen-bond acceptors (Lipinski definition) is 4. The average Bonchev–Trinajstić information content (AvgIpc) is 3.19. The van der Waals surface area contributed by atoms with Crippen molar-refractivity contribution in [1.82, 2.24) is 15.8 Å². The van der Waals surface area contributed by atoms with Crippen LogP contribution in [0.25, 0.3) is 0 Å². The Bertz CT molecular complexity index is 378. The second kappa shape index (κ2) is 7.81. The molecular weight excluding hydrogens is 286 g/mol. The summed E-state index contributed by atoms with van der Waals surface area (Å²) in [5, 5.41) is 6.32. The normalized spacial score (nSPS) is 45.9. The summed E-state index contributed by atoms with van der Waals surface area (Å²) in [4.78, 5) is 0. The smallest absolute Gasteiger partial charge is 0.0578 e. The molecule has 4 aliphatic rings. The van der Waals surface area contributed by atoms with Gasteiger partial charge in [-0.1, -0.05) is 6.42 Å². The molecule has 2 N–H and O–H groups in total. The van der Waals surface area contributed by atoms with Crippen LogP contribution in [-0.4, -0.2) is 49.9 Å².